The SMILES string of the molecule is Cc1ccc(C(C)NC(=O)CO/N=C/c2ccccc2OC(F)F)cc1C. The molecule has 0 aliphatic carbocycles. The van der Waals surface area contributed by atoms with Gasteiger partial charge in [0.1, 0.15) is 5.75 Å². The summed E-state index contributed by atoms with van der Waals surface area (Å²) in [4.78, 5) is 16.9. The average Bonchev–Trinajstić information content (AvgIpc) is 2.61. The van der Waals surface area contributed by atoms with Crippen molar-refractivity contribution >= 4 is 12.1 Å². The quantitative estimate of drug-likeness (QED) is 0.557. The molecule has 1 amide bonds. The maximum Gasteiger partial charge on any atom is 0.387 e. The molecule has 144 valence electrons. The topological polar surface area (TPSA) is 59.9 Å². The molecule has 0 heterocycles. The summed E-state index contributed by atoms with van der Waals surface area (Å²) in [5.41, 5.74) is 3.65. The Kier molecular flexibility index (Phi) is 7.28. The van der Waals surface area contributed by atoms with E-state index in [-0.39, 0.29) is 24.3 Å². The van der Waals surface area contributed by atoms with E-state index in [1.54, 1.807) is 18.2 Å². The monoisotopic (exact) mass is 376 g/mol. The second-order valence-corrected chi connectivity index (χ2v) is 6.06. The first-order chi connectivity index (χ1) is 12.9. The van der Waals surface area contributed by atoms with Crippen LogP contribution in [0.1, 0.15) is 35.2 Å². The minimum Gasteiger partial charge on any atom is -0.434 e. The molecule has 2 rings (SSSR count). The fourth-order valence-electron chi connectivity index (χ4n) is 2.38. The molecule has 0 saturated heterocycles. The van der Waals surface area contributed by atoms with Crippen LogP contribution in [-0.4, -0.2) is 25.3 Å². The summed E-state index contributed by atoms with van der Waals surface area (Å²) in [6, 6.07) is 12.0. The molecule has 0 spiro atoms. The molecular weight excluding hydrogens is 354 g/mol. The second-order valence-electron chi connectivity index (χ2n) is 6.06. The van der Waals surface area contributed by atoms with Crippen molar-refractivity contribution in [1.82, 2.24) is 5.32 Å². The van der Waals surface area contributed by atoms with Gasteiger partial charge in [0.2, 0.25) is 0 Å². The first-order valence-electron chi connectivity index (χ1n) is 8.42. The van der Waals surface area contributed by atoms with Gasteiger partial charge in [0, 0.05) is 5.56 Å². The molecule has 1 atom stereocenters. The minimum atomic E-state index is -2.93. The van der Waals surface area contributed by atoms with Gasteiger partial charge in [-0.2, -0.15) is 8.78 Å². The fourth-order valence-corrected chi connectivity index (χ4v) is 2.38. The third kappa shape index (κ3) is 6.36. The Morgan fingerprint density at radius 2 is 1.93 bits per heavy atom. The Morgan fingerprint density at radius 3 is 2.63 bits per heavy atom. The molecule has 0 aliphatic heterocycles. The predicted octanol–water partition coefficient (Wildman–Crippen LogP) is 4.13. The number of carbonyl (C=O) groups excluding carboxylic acids is 1. The van der Waals surface area contributed by atoms with Gasteiger partial charge >= 0.3 is 6.61 Å². The highest BCUT2D eigenvalue weighted by Gasteiger charge is 2.11. The van der Waals surface area contributed by atoms with Crippen LogP contribution < -0.4 is 10.1 Å². The highest BCUT2D eigenvalue weighted by molar-refractivity contribution is 5.83. The number of amides is 1. The number of benzene rings is 2. The van der Waals surface area contributed by atoms with Crippen LogP contribution in [0, 0.1) is 13.8 Å². The van der Waals surface area contributed by atoms with Crippen molar-refractivity contribution in [3.05, 3.63) is 64.7 Å². The van der Waals surface area contributed by atoms with E-state index in [2.05, 4.69) is 15.2 Å². The van der Waals surface area contributed by atoms with Crippen molar-refractivity contribution in [2.24, 2.45) is 5.16 Å². The minimum absolute atomic E-state index is 0.0207. The Morgan fingerprint density at radius 1 is 1.19 bits per heavy atom. The molecule has 27 heavy (non-hydrogen) atoms. The zero-order chi connectivity index (χ0) is 19.8. The number of rotatable bonds is 8. The van der Waals surface area contributed by atoms with Crippen molar-refractivity contribution in [2.45, 2.75) is 33.4 Å². The lowest BCUT2D eigenvalue weighted by molar-refractivity contribution is -0.126. The molecule has 1 N–H and O–H groups in total. The van der Waals surface area contributed by atoms with E-state index in [1.807, 2.05) is 39.0 Å². The lowest BCUT2D eigenvalue weighted by Gasteiger charge is -2.15. The summed E-state index contributed by atoms with van der Waals surface area (Å²) >= 11 is 0. The lowest BCUT2D eigenvalue weighted by atomic mass is 10.0. The van der Waals surface area contributed by atoms with Crippen molar-refractivity contribution < 1.29 is 23.1 Å². The van der Waals surface area contributed by atoms with Crippen molar-refractivity contribution in [3.8, 4) is 5.75 Å². The van der Waals surface area contributed by atoms with Gasteiger partial charge in [-0.25, -0.2) is 0 Å². The number of nitrogens with zero attached hydrogens (tertiary/aromatic N) is 1. The third-order valence-electron chi connectivity index (χ3n) is 4.01. The van der Waals surface area contributed by atoms with Crippen LogP contribution in [0.2, 0.25) is 0 Å². The molecule has 7 heteroatoms. The van der Waals surface area contributed by atoms with Crippen LogP contribution in [0.5, 0.6) is 5.75 Å². The highest BCUT2D eigenvalue weighted by Crippen LogP contribution is 2.18. The van der Waals surface area contributed by atoms with Crippen molar-refractivity contribution in [3.63, 3.8) is 0 Å². The van der Waals surface area contributed by atoms with Gasteiger partial charge in [0.25, 0.3) is 5.91 Å². The number of hydrogen-bond donors (Lipinski definition) is 1. The smallest absolute Gasteiger partial charge is 0.387 e. The number of halogens is 2. The summed E-state index contributed by atoms with van der Waals surface area (Å²) < 4.78 is 29.1. The zero-order valence-electron chi connectivity index (χ0n) is 15.4. The number of alkyl halides is 2. The van der Waals surface area contributed by atoms with Crippen LogP contribution in [0.15, 0.2) is 47.6 Å². The maximum absolute atomic E-state index is 12.4. The number of nitrogens with one attached hydrogen (secondary N) is 1. The van der Waals surface area contributed by atoms with Gasteiger partial charge in [-0.1, -0.05) is 35.5 Å². The first-order valence-corrected chi connectivity index (χ1v) is 8.42. The molecule has 0 aliphatic rings. The molecule has 2 aromatic rings. The normalized spacial score (nSPS) is 12.2. The molecule has 1 unspecified atom stereocenters. The molecule has 2 aromatic carbocycles. The van der Waals surface area contributed by atoms with Crippen molar-refractivity contribution in [2.75, 3.05) is 6.61 Å². The number of oxime groups is 1. The number of aryl methyl sites for hydroxylation is 2. The second kappa shape index (κ2) is 9.66. The van der Waals surface area contributed by atoms with E-state index < -0.39 is 6.61 Å². The van der Waals surface area contributed by atoms with E-state index >= 15 is 0 Å². The molecule has 5 nitrogen and oxygen atoms in total. The van der Waals surface area contributed by atoms with E-state index in [0.29, 0.717) is 5.56 Å². The van der Waals surface area contributed by atoms with Gasteiger partial charge < -0.3 is 14.9 Å². The Balaban J connectivity index is 1.85. The number of carbonyl (C=O) groups is 1. The third-order valence-corrected chi connectivity index (χ3v) is 4.01. The van der Waals surface area contributed by atoms with Crippen LogP contribution in [0.4, 0.5) is 8.78 Å². The van der Waals surface area contributed by atoms with Gasteiger partial charge in [-0.3, -0.25) is 4.79 Å². The average molecular weight is 376 g/mol. The largest absolute Gasteiger partial charge is 0.434 e. The number of hydrogen-bond acceptors (Lipinski definition) is 4. The Hall–Kier alpha value is -2.96. The van der Waals surface area contributed by atoms with Gasteiger partial charge in [0.05, 0.1) is 12.3 Å². The molecule has 0 fully saturated rings. The standard InChI is InChI=1S/C20H22F2N2O3/c1-13-8-9-16(10-14(13)2)15(3)24-19(25)12-26-23-11-17-6-4-5-7-18(17)27-20(21)22/h4-11,15,20H,12H2,1-3H3,(H,24,25)/b23-11+. The van der Waals surface area contributed by atoms with E-state index in [0.717, 1.165) is 11.1 Å². The van der Waals surface area contributed by atoms with Crippen LogP contribution >= 0.6 is 0 Å². The molecule has 0 aromatic heterocycles. The summed E-state index contributed by atoms with van der Waals surface area (Å²) in [7, 11) is 0. The van der Waals surface area contributed by atoms with E-state index in [1.165, 1.54) is 17.8 Å². The summed E-state index contributed by atoms with van der Waals surface area (Å²) in [5.74, 6) is -0.359. The van der Waals surface area contributed by atoms with Gasteiger partial charge in [-0.15, -0.1) is 0 Å². The van der Waals surface area contributed by atoms with Gasteiger partial charge in [-0.05, 0) is 49.6 Å². The van der Waals surface area contributed by atoms with Crippen molar-refractivity contribution in [1.29, 1.82) is 0 Å². The molecular formula is C20H22F2N2O3. The summed E-state index contributed by atoms with van der Waals surface area (Å²) in [5, 5.41) is 6.46. The van der Waals surface area contributed by atoms with Crippen LogP contribution in [-0.2, 0) is 9.63 Å². The number of para-hydroxylation sites is 1. The highest BCUT2D eigenvalue weighted by atomic mass is 19.3. The van der Waals surface area contributed by atoms with E-state index in [9.17, 15) is 13.6 Å². The summed E-state index contributed by atoms with van der Waals surface area (Å²) in [6.07, 6.45) is 1.22. The maximum atomic E-state index is 12.4. The molecule has 0 bridgehead atoms. The van der Waals surface area contributed by atoms with E-state index in [4.69, 9.17) is 4.84 Å². The molecule has 0 radical (unpaired) electrons. The zero-order valence-corrected chi connectivity index (χ0v) is 15.4. The fraction of sp³-hybridized carbons (Fsp3) is 0.300. The predicted molar refractivity (Wildman–Crippen MR) is 99.1 cm³/mol. The first kappa shape index (κ1) is 20.4. The Bertz CT molecular complexity index is 810. The summed E-state index contributed by atoms with van der Waals surface area (Å²) in [6.45, 7) is 2.70. The lowest BCUT2D eigenvalue weighted by Crippen LogP contribution is -2.29. The number of ether oxygens (including phenoxy) is 1. The van der Waals surface area contributed by atoms with Gasteiger partial charge in [0.15, 0.2) is 6.61 Å². The van der Waals surface area contributed by atoms with Crippen LogP contribution in [0.25, 0.3) is 0 Å². The van der Waals surface area contributed by atoms with Crippen LogP contribution in [0.3, 0.4) is 0 Å². The molecule has 0 saturated carbocycles. The Labute approximate surface area is 157 Å².